The van der Waals surface area contributed by atoms with Gasteiger partial charge in [0.2, 0.25) is 0 Å². The summed E-state index contributed by atoms with van der Waals surface area (Å²) in [6.45, 7) is 1.91. The third-order valence-corrected chi connectivity index (χ3v) is 4.69. The third-order valence-electron chi connectivity index (χ3n) is 2.88. The molecule has 7 heteroatoms. The van der Waals surface area contributed by atoms with Gasteiger partial charge in [-0.25, -0.2) is 4.79 Å². The standard InChI is InChI=1S/C13H14BrN3O2S/c1-8-15-16-13(17(8)2)20-7-10-5-4-9(6-11(10)14)12(18)19-3/h4-6H,7H2,1-3H3. The molecule has 0 bridgehead atoms. The number of methoxy groups -OCH3 is 1. The number of carbonyl (C=O) groups is 1. The van der Waals surface area contributed by atoms with Gasteiger partial charge in [-0.15, -0.1) is 10.2 Å². The first-order chi connectivity index (χ1) is 9.52. The summed E-state index contributed by atoms with van der Waals surface area (Å²) in [7, 11) is 3.31. The molecule has 0 aliphatic carbocycles. The normalized spacial score (nSPS) is 10.6. The average molecular weight is 356 g/mol. The van der Waals surface area contributed by atoms with Crippen LogP contribution in [-0.4, -0.2) is 27.8 Å². The first kappa shape index (κ1) is 15.1. The molecular formula is C13H14BrN3O2S. The maximum Gasteiger partial charge on any atom is 0.337 e. The third kappa shape index (κ3) is 3.21. The Labute approximate surface area is 129 Å². The van der Waals surface area contributed by atoms with Gasteiger partial charge in [0.05, 0.1) is 12.7 Å². The molecule has 106 valence electrons. The Hall–Kier alpha value is -1.34. The smallest absolute Gasteiger partial charge is 0.337 e. The van der Waals surface area contributed by atoms with Crippen molar-refractivity contribution in [3.8, 4) is 0 Å². The van der Waals surface area contributed by atoms with Gasteiger partial charge >= 0.3 is 5.97 Å². The molecule has 2 aromatic rings. The lowest BCUT2D eigenvalue weighted by molar-refractivity contribution is 0.0600. The van der Waals surface area contributed by atoms with Crippen LogP contribution in [-0.2, 0) is 17.5 Å². The zero-order valence-electron chi connectivity index (χ0n) is 11.4. The van der Waals surface area contributed by atoms with Gasteiger partial charge in [0, 0.05) is 17.3 Å². The van der Waals surface area contributed by atoms with E-state index >= 15 is 0 Å². The Balaban J connectivity index is 2.10. The number of esters is 1. The summed E-state index contributed by atoms with van der Waals surface area (Å²) in [6, 6.07) is 5.44. The SMILES string of the molecule is COC(=O)c1ccc(CSc2nnc(C)n2C)c(Br)c1. The fourth-order valence-electron chi connectivity index (χ4n) is 1.56. The summed E-state index contributed by atoms with van der Waals surface area (Å²) >= 11 is 5.08. The Kier molecular flexibility index (Phi) is 4.82. The Morgan fingerprint density at radius 1 is 1.45 bits per heavy atom. The average Bonchev–Trinajstić information content (AvgIpc) is 2.76. The van der Waals surface area contributed by atoms with E-state index in [0.29, 0.717) is 5.56 Å². The second kappa shape index (κ2) is 6.41. The first-order valence-electron chi connectivity index (χ1n) is 5.88. The van der Waals surface area contributed by atoms with Crippen molar-refractivity contribution in [2.75, 3.05) is 7.11 Å². The molecule has 1 heterocycles. The number of aromatic nitrogens is 3. The molecule has 0 saturated heterocycles. The second-order valence-corrected chi connectivity index (χ2v) is 5.97. The first-order valence-corrected chi connectivity index (χ1v) is 7.66. The molecule has 0 aliphatic rings. The molecule has 0 fully saturated rings. The number of thioether (sulfide) groups is 1. The lowest BCUT2D eigenvalue weighted by atomic mass is 10.1. The second-order valence-electron chi connectivity index (χ2n) is 4.18. The van der Waals surface area contributed by atoms with Gasteiger partial charge in [0.25, 0.3) is 0 Å². The van der Waals surface area contributed by atoms with Crippen LogP contribution < -0.4 is 0 Å². The van der Waals surface area contributed by atoms with E-state index in [1.165, 1.54) is 7.11 Å². The summed E-state index contributed by atoms with van der Waals surface area (Å²) in [4.78, 5) is 11.4. The van der Waals surface area contributed by atoms with Crippen LogP contribution in [0.2, 0.25) is 0 Å². The number of nitrogens with zero attached hydrogens (tertiary/aromatic N) is 3. The summed E-state index contributed by atoms with van der Waals surface area (Å²) in [5.41, 5.74) is 1.62. The molecule has 5 nitrogen and oxygen atoms in total. The van der Waals surface area contributed by atoms with Crippen molar-refractivity contribution in [3.05, 3.63) is 39.6 Å². The minimum Gasteiger partial charge on any atom is -0.465 e. The van der Waals surface area contributed by atoms with E-state index in [-0.39, 0.29) is 5.97 Å². The fourth-order valence-corrected chi connectivity index (χ4v) is 3.23. The molecule has 0 aliphatic heterocycles. The number of rotatable bonds is 4. The van der Waals surface area contributed by atoms with Crippen LogP contribution in [0.4, 0.5) is 0 Å². The Morgan fingerprint density at radius 2 is 2.20 bits per heavy atom. The van der Waals surface area contributed by atoms with Crippen LogP contribution in [0.15, 0.2) is 27.8 Å². The van der Waals surface area contributed by atoms with Crippen LogP contribution >= 0.6 is 27.7 Å². The van der Waals surface area contributed by atoms with Gasteiger partial charge in [0.1, 0.15) is 5.82 Å². The fraction of sp³-hybridized carbons (Fsp3) is 0.308. The van der Waals surface area contributed by atoms with E-state index in [9.17, 15) is 4.79 Å². The molecule has 20 heavy (non-hydrogen) atoms. The lowest BCUT2D eigenvalue weighted by Gasteiger charge is -2.06. The molecule has 0 atom stereocenters. The topological polar surface area (TPSA) is 57.0 Å². The number of carbonyl (C=O) groups excluding carboxylic acids is 1. The van der Waals surface area contributed by atoms with E-state index in [2.05, 4.69) is 26.1 Å². The maximum absolute atomic E-state index is 11.4. The predicted octanol–water partition coefficient (Wildman–Crippen LogP) is 2.96. The monoisotopic (exact) mass is 355 g/mol. The quantitative estimate of drug-likeness (QED) is 0.623. The van der Waals surface area contributed by atoms with E-state index < -0.39 is 0 Å². The van der Waals surface area contributed by atoms with Gasteiger partial charge < -0.3 is 9.30 Å². The number of hydrogen-bond donors (Lipinski definition) is 0. The molecule has 1 aromatic heterocycles. The molecule has 0 N–H and O–H groups in total. The highest BCUT2D eigenvalue weighted by atomic mass is 79.9. The molecule has 1 aromatic carbocycles. The van der Waals surface area contributed by atoms with Crippen molar-refractivity contribution in [2.24, 2.45) is 7.05 Å². The summed E-state index contributed by atoms with van der Waals surface area (Å²) in [6.07, 6.45) is 0. The zero-order valence-corrected chi connectivity index (χ0v) is 13.8. The molecule has 0 spiro atoms. The van der Waals surface area contributed by atoms with E-state index in [1.54, 1.807) is 23.9 Å². The molecule has 2 rings (SSSR count). The van der Waals surface area contributed by atoms with Gasteiger partial charge in [-0.3, -0.25) is 0 Å². The highest BCUT2D eigenvalue weighted by molar-refractivity contribution is 9.10. The van der Waals surface area contributed by atoms with Gasteiger partial charge in [-0.2, -0.15) is 0 Å². The van der Waals surface area contributed by atoms with Crippen LogP contribution in [0.25, 0.3) is 0 Å². The van der Waals surface area contributed by atoms with E-state index in [1.807, 2.05) is 24.6 Å². The maximum atomic E-state index is 11.4. The van der Waals surface area contributed by atoms with Gasteiger partial charge in [0.15, 0.2) is 5.16 Å². The minimum absolute atomic E-state index is 0.339. The minimum atomic E-state index is -0.339. The Morgan fingerprint density at radius 3 is 2.75 bits per heavy atom. The number of aryl methyl sites for hydroxylation is 1. The van der Waals surface area contributed by atoms with E-state index in [4.69, 9.17) is 4.74 Å². The molecule has 0 radical (unpaired) electrons. The van der Waals surface area contributed by atoms with Crippen LogP contribution in [0.3, 0.4) is 0 Å². The van der Waals surface area contributed by atoms with Gasteiger partial charge in [-0.1, -0.05) is 33.8 Å². The van der Waals surface area contributed by atoms with Crippen molar-refractivity contribution in [1.29, 1.82) is 0 Å². The number of hydrogen-bond acceptors (Lipinski definition) is 5. The Bertz CT molecular complexity index is 643. The predicted molar refractivity (Wildman–Crippen MR) is 80.8 cm³/mol. The van der Waals surface area contributed by atoms with Crippen LogP contribution in [0, 0.1) is 6.92 Å². The van der Waals surface area contributed by atoms with Crippen molar-refractivity contribution in [2.45, 2.75) is 17.8 Å². The van der Waals surface area contributed by atoms with E-state index in [0.717, 1.165) is 26.8 Å². The number of halogens is 1. The molecule has 0 amide bonds. The van der Waals surface area contributed by atoms with Gasteiger partial charge in [-0.05, 0) is 24.6 Å². The zero-order chi connectivity index (χ0) is 14.7. The molecule has 0 saturated carbocycles. The van der Waals surface area contributed by atoms with Crippen molar-refractivity contribution >= 4 is 33.7 Å². The van der Waals surface area contributed by atoms with Crippen LogP contribution in [0.5, 0.6) is 0 Å². The molecule has 0 unspecified atom stereocenters. The summed E-state index contributed by atoms with van der Waals surface area (Å²) in [5.74, 6) is 1.29. The summed E-state index contributed by atoms with van der Waals surface area (Å²) in [5, 5.41) is 8.99. The van der Waals surface area contributed by atoms with Crippen LogP contribution in [0.1, 0.15) is 21.7 Å². The largest absolute Gasteiger partial charge is 0.465 e. The molecular weight excluding hydrogens is 342 g/mol. The highest BCUT2D eigenvalue weighted by Crippen LogP contribution is 2.27. The van der Waals surface area contributed by atoms with Crippen molar-refractivity contribution in [3.63, 3.8) is 0 Å². The van der Waals surface area contributed by atoms with Crippen molar-refractivity contribution < 1.29 is 9.53 Å². The number of benzene rings is 1. The summed E-state index contributed by atoms with van der Waals surface area (Å²) < 4.78 is 7.52. The van der Waals surface area contributed by atoms with Crippen molar-refractivity contribution in [1.82, 2.24) is 14.8 Å². The lowest BCUT2D eigenvalue weighted by Crippen LogP contribution is -2.01. The number of ether oxygens (including phenoxy) is 1. The highest BCUT2D eigenvalue weighted by Gasteiger charge is 2.10.